The van der Waals surface area contributed by atoms with E-state index in [9.17, 15) is 0 Å². The lowest BCUT2D eigenvalue weighted by atomic mass is 10.1. The molecule has 0 bridgehead atoms. The van der Waals surface area contributed by atoms with Gasteiger partial charge in [-0.2, -0.15) is 0 Å². The van der Waals surface area contributed by atoms with Gasteiger partial charge in [0.1, 0.15) is 0 Å². The first-order chi connectivity index (χ1) is 4.11. The molecule has 0 aromatic carbocycles. The number of hydrogen-bond acceptors (Lipinski definition) is 0. The van der Waals surface area contributed by atoms with Crippen LogP contribution < -0.4 is 0 Å². The fraction of sp³-hybridized carbons (Fsp3) is 1.00. The van der Waals surface area contributed by atoms with Crippen LogP contribution in [0.25, 0.3) is 0 Å². The fourth-order valence-corrected chi connectivity index (χ4v) is 2.15. The highest BCUT2D eigenvalue weighted by Gasteiger charge is 2.56. The molecule has 0 radical (unpaired) electrons. The summed E-state index contributed by atoms with van der Waals surface area (Å²) in [5.74, 6) is 3.30. The average molecular weight is 124 g/mol. The van der Waals surface area contributed by atoms with Crippen molar-refractivity contribution >= 4 is 0 Å². The summed E-state index contributed by atoms with van der Waals surface area (Å²) in [5, 5.41) is 0. The van der Waals surface area contributed by atoms with E-state index in [1.54, 1.807) is 0 Å². The maximum absolute atomic E-state index is 2.41. The van der Waals surface area contributed by atoms with Crippen LogP contribution in [-0.2, 0) is 0 Å². The Bertz CT molecular complexity index is 135. The zero-order valence-corrected chi connectivity index (χ0v) is 6.65. The summed E-state index contributed by atoms with van der Waals surface area (Å²) < 4.78 is 0. The van der Waals surface area contributed by atoms with Crippen LogP contribution in [-0.4, -0.2) is 0 Å². The standard InChI is InChI=1S/C9H16/c1-6-4-7(6)8-5-9(8,2)3/h6-8H,4-5H2,1-3H3. The van der Waals surface area contributed by atoms with Gasteiger partial charge in [-0.05, 0) is 36.0 Å². The summed E-state index contributed by atoms with van der Waals surface area (Å²) >= 11 is 0. The van der Waals surface area contributed by atoms with Crippen molar-refractivity contribution in [2.45, 2.75) is 33.6 Å². The van der Waals surface area contributed by atoms with Gasteiger partial charge in [0.15, 0.2) is 0 Å². The quantitative estimate of drug-likeness (QED) is 0.504. The smallest absolute Gasteiger partial charge is 0.0320 e. The molecule has 0 N–H and O–H groups in total. The second-order valence-electron chi connectivity index (χ2n) is 4.68. The van der Waals surface area contributed by atoms with E-state index < -0.39 is 0 Å². The molecule has 2 fully saturated rings. The minimum absolute atomic E-state index is 0.732. The Morgan fingerprint density at radius 3 is 1.89 bits per heavy atom. The molecule has 2 aliphatic carbocycles. The summed E-state index contributed by atoms with van der Waals surface area (Å²) in [6.07, 6.45) is 3.02. The van der Waals surface area contributed by atoms with Gasteiger partial charge in [-0.25, -0.2) is 0 Å². The summed E-state index contributed by atoms with van der Waals surface area (Å²) in [6.45, 7) is 7.20. The number of hydrogen-bond donors (Lipinski definition) is 0. The van der Waals surface area contributed by atoms with Crippen molar-refractivity contribution in [3.05, 3.63) is 0 Å². The Hall–Kier alpha value is 0. The van der Waals surface area contributed by atoms with Gasteiger partial charge in [-0.15, -0.1) is 0 Å². The van der Waals surface area contributed by atoms with Gasteiger partial charge in [-0.3, -0.25) is 0 Å². The maximum Gasteiger partial charge on any atom is -0.0320 e. The van der Waals surface area contributed by atoms with Crippen LogP contribution in [0.2, 0.25) is 0 Å². The molecule has 0 heteroatoms. The van der Waals surface area contributed by atoms with Crippen molar-refractivity contribution < 1.29 is 0 Å². The van der Waals surface area contributed by atoms with E-state index in [4.69, 9.17) is 0 Å². The lowest BCUT2D eigenvalue weighted by Crippen LogP contribution is -1.92. The van der Waals surface area contributed by atoms with E-state index in [0.29, 0.717) is 0 Å². The Morgan fingerprint density at radius 2 is 1.78 bits per heavy atom. The molecule has 3 unspecified atom stereocenters. The maximum atomic E-state index is 2.41. The van der Waals surface area contributed by atoms with Gasteiger partial charge in [0.2, 0.25) is 0 Å². The highest BCUT2D eigenvalue weighted by Crippen LogP contribution is 2.64. The monoisotopic (exact) mass is 124 g/mol. The highest BCUT2D eigenvalue weighted by molar-refractivity contribution is 5.05. The largest absolute Gasteiger partial charge is 0.0622 e. The van der Waals surface area contributed by atoms with Gasteiger partial charge in [0, 0.05) is 0 Å². The van der Waals surface area contributed by atoms with E-state index in [2.05, 4.69) is 20.8 Å². The van der Waals surface area contributed by atoms with Gasteiger partial charge in [0.05, 0.1) is 0 Å². The molecule has 0 nitrogen and oxygen atoms in total. The Balaban J connectivity index is 1.92. The van der Waals surface area contributed by atoms with Crippen molar-refractivity contribution in [3.63, 3.8) is 0 Å². The van der Waals surface area contributed by atoms with E-state index in [1.807, 2.05) is 0 Å². The molecule has 52 valence electrons. The van der Waals surface area contributed by atoms with Gasteiger partial charge >= 0.3 is 0 Å². The highest BCUT2D eigenvalue weighted by atomic mass is 14.6. The summed E-state index contributed by atoms with van der Waals surface area (Å²) in [5.41, 5.74) is 0.732. The summed E-state index contributed by atoms with van der Waals surface area (Å²) in [7, 11) is 0. The second kappa shape index (κ2) is 1.36. The van der Waals surface area contributed by atoms with Crippen molar-refractivity contribution in [1.29, 1.82) is 0 Å². The van der Waals surface area contributed by atoms with Crippen LogP contribution in [0.5, 0.6) is 0 Å². The molecule has 0 spiro atoms. The fourth-order valence-electron chi connectivity index (χ4n) is 2.15. The molecule has 0 aromatic rings. The Labute approximate surface area is 57.6 Å². The minimum Gasteiger partial charge on any atom is -0.0622 e. The third-order valence-electron chi connectivity index (χ3n) is 3.28. The van der Waals surface area contributed by atoms with Gasteiger partial charge in [-0.1, -0.05) is 20.8 Å². The molecule has 3 atom stereocenters. The second-order valence-corrected chi connectivity index (χ2v) is 4.68. The molecule has 0 aliphatic heterocycles. The third-order valence-corrected chi connectivity index (χ3v) is 3.28. The van der Waals surface area contributed by atoms with Crippen molar-refractivity contribution in [2.24, 2.45) is 23.2 Å². The predicted molar refractivity (Wildman–Crippen MR) is 39.2 cm³/mol. The van der Waals surface area contributed by atoms with Crippen LogP contribution in [0.1, 0.15) is 33.6 Å². The molecule has 2 saturated carbocycles. The van der Waals surface area contributed by atoms with E-state index in [0.717, 1.165) is 23.2 Å². The molecule has 2 aliphatic rings. The van der Waals surface area contributed by atoms with Crippen LogP contribution in [0.4, 0.5) is 0 Å². The molecular weight excluding hydrogens is 108 g/mol. The van der Waals surface area contributed by atoms with E-state index in [-0.39, 0.29) is 0 Å². The summed E-state index contributed by atoms with van der Waals surface area (Å²) in [4.78, 5) is 0. The van der Waals surface area contributed by atoms with Crippen LogP contribution in [0.3, 0.4) is 0 Å². The predicted octanol–water partition coefficient (Wildman–Crippen LogP) is 2.69. The van der Waals surface area contributed by atoms with E-state index in [1.165, 1.54) is 12.8 Å². The van der Waals surface area contributed by atoms with Crippen LogP contribution >= 0.6 is 0 Å². The first-order valence-corrected chi connectivity index (χ1v) is 4.11. The normalized spacial score (nSPS) is 53.0. The van der Waals surface area contributed by atoms with Crippen LogP contribution in [0, 0.1) is 23.2 Å². The lowest BCUT2D eigenvalue weighted by molar-refractivity contribution is 0.501. The first-order valence-electron chi connectivity index (χ1n) is 4.11. The van der Waals surface area contributed by atoms with Gasteiger partial charge < -0.3 is 0 Å². The lowest BCUT2D eigenvalue weighted by Gasteiger charge is -1.98. The Kier molecular flexibility index (Phi) is 0.868. The molecular formula is C9H16. The topological polar surface area (TPSA) is 0 Å². The zero-order chi connectivity index (χ0) is 6.65. The van der Waals surface area contributed by atoms with E-state index >= 15 is 0 Å². The zero-order valence-electron chi connectivity index (χ0n) is 6.65. The van der Waals surface area contributed by atoms with Crippen LogP contribution in [0.15, 0.2) is 0 Å². The van der Waals surface area contributed by atoms with Crippen molar-refractivity contribution in [1.82, 2.24) is 0 Å². The molecule has 0 aromatic heterocycles. The molecule has 0 saturated heterocycles. The van der Waals surface area contributed by atoms with Gasteiger partial charge in [0.25, 0.3) is 0 Å². The SMILES string of the molecule is CC1CC1C1CC1(C)C. The van der Waals surface area contributed by atoms with Crippen molar-refractivity contribution in [2.75, 3.05) is 0 Å². The summed E-state index contributed by atoms with van der Waals surface area (Å²) in [6, 6.07) is 0. The third kappa shape index (κ3) is 0.798. The van der Waals surface area contributed by atoms with Crippen molar-refractivity contribution in [3.8, 4) is 0 Å². The minimum atomic E-state index is 0.732. The molecule has 0 heterocycles. The number of rotatable bonds is 1. The molecule has 9 heavy (non-hydrogen) atoms. The Morgan fingerprint density at radius 1 is 1.33 bits per heavy atom. The first kappa shape index (κ1) is 5.76. The molecule has 0 amide bonds. The average Bonchev–Trinajstić information content (AvgIpc) is 2.50. The molecule has 2 rings (SSSR count).